The number of hydrogen-bond acceptors (Lipinski definition) is 3. The van der Waals surface area contributed by atoms with Crippen molar-refractivity contribution in [3.63, 3.8) is 0 Å². The van der Waals surface area contributed by atoms with Crippen LogP contribution in [0, 0.1) is 6.92 Å². The van der Waals surface area contributed by atoms with E-state index in [9.17, 15) is 5.11 Å². The Morgan fingerprint density at radius 2 is 1.78 bits per heavy atom. The standard InChI is InChI=1S/C18H21N3OS/c1-14-5-4-6-15(13-14)19-18(23)21-11-9-20(10-12-21)16-7-2-3-8-17(16)22/h2-8,13,22H,9-12H2,1H3,(H,19,23). The molecule has 1 aliphatic rings. The van der Waals surface area contributed by atoms with Crippen LogP contribution < -0.4 is 10.2 Å². The molecule has 2 aromatic rings. The van der Waals surface area contributed by atoms with Crippen molar-refractivity contribution in [1.82, 2.24) is 4.90 Å². The van der Waals surface area contributed by atoms with Gasteiger partial charge in [0.25, 0.3) is 0 Å². The average Bonchev–Trinajstić information content (AvgIpc) is 2.55. The van der Waals surface area contributed by atoms with E-state index in [2.05, 4.69) is 34.2 Å². The molecule has 2 aromatic carbocycles. The highest BCUT2D eigenvalue weighted by molar-refractivity contribution is 7.80. The number of nitrogens with zero attached hydrogens (tertiary/aromatic N) is 2. The highest BCUT2D eigenvalue weighted by Crippen LogP contribution is 2.27. The first kappa shape index (κ1) is 15.6. The summed E-state index contributed by atoms with van der Waals surface area (Å²) in [6.07, 6.45) is 0. The zero-order valence-corrected chi connectivity index (χ0v) is 14.0. The number of phenols is 1. The summed E-state index contributed by atoms with van der Waals surface area (Å²) in [5.74, 6) is 0.335. The van der Waals surface area contributed by atoms with E-state index in [0.29, 0.717) is 5.75 Å². The lowest BCUT2D eigenvalue weighted by molar-refractivity contribution is 0.387. The van der Waals surface area contributed by atoms with Gasteiger partial charge in [-0.15, -0.1) is 0 Å². The maximum atomic E-state index is 9.97. The number of anilines is 2. The first-order valence-corrected chi connectivity index (χ1v) is 8.20. The number of thiocarbonyl (C=S) groups is 1. The summed E-state index contributed by atoms with van der Waals surface area (Å²) in [5, 5.41) is 14.0. The summed E-state index contributed by atoms with van der Waals surface area (Å²) < 4.78 is 0. The van der Waals surface area contributed by atoms with Crippen molar-refractivity contribution in [2.45, 2.75) is 6.92 Å². The number of nitrogens with one attached hydrogen (secondary N) is 1. The third kappa shape index (κ3) is 3.74. The Morgan fingerprint density at radius 3 is 2.48 bits per heavy atom. The second kappa shape index (κ2) is 6.87. The van der Waals surface area contributed by atoms with Crippen molar-refractivity contribution < 1.29 is 5.11 Å². The maximum absolute atomic E-state index is 9.97. The van der Waals surface area contributed by atoms with Gasteiger partial charge in [0.05, 0.1) is 5.69 Å². The fourth-order valence-corrected chi connectivity index (χ4v) is 3.11. The Morgan fingerprint density at radius 1 is 1.04 bits per heavy atom. The summed E-state index contributed by atoms with van der Waals surface area (Å²) in [7, 11) is 0. The first-order valence-electron chi connectivity index (χ1n) is 7.79. The third-order valence-corrected chi connectivity index (χ3v) is 4.42. The minimum absolute atomic E-state index is 0.335. The number of phenolic OH excluding ortho intramolecular Hbond substituents is 1. The Kier molecular flexibility index (Phi) is 4.67. The van der Waals surface area contributed by atoms with Crippen molar-refractivity contribution in [1.29, 1.82) is 0 Å². The van der Waals surface area contributed by atoms with E-state index in [4.69, 9.17) is 12.2 Å². The molecule has 5 heteroatoms. The maximum Gasteiger partial charge on any atom is 0.173 e. The van der Waals surface area contributed by atoms with Gasteiger partial charge in [0.1, 0.15) is 5.75 Å². The van der Waals surface area contributed by atoms with Gasteiger partial charge in [0.2, 0.25) is 0 Å². The minimum atomic E-state index is 0.335. The molecule has 0 saturated carbocycles. The molecule has 0 spiro atoms. The van der Waals surface area contributed by atoms with E-state index in [1.807, 2.05) is 30.3 Å². The fourth-order valence-electron chi connectivity index (χ4n) is 2.81. The highest BCUT2D eigenvalue weighted by Gasteiger charge is 2.20. The molecule has 1 saturated heterocycles. The van der Waals surface area contributed by atoms with E-state index in [1.54, 1.807) is 6.07 Å². The van der Waals surface area contributed by atoms with Crippen molar-refractivity contribution in [2.24, 2.45) is 0 Å². The van der Waals surface area contributed by atoms with Crippen LogP contribution in [0.15, 0.2) is 48.5 Å². The fraction of sp³-hybridized carbons (Fsp3) is 0.278. The molecule has 0 radical (unpaired) electrons. The molecule has 1 fully saturated rings. The van der Waals surface area contributed by atoms with Gasteiger partial charge in [0, 0.05) is 31.9 Å². The topological polar surface area (TPSA) is 38.7 Å². The number of benzene rings is 2. The molecule has 0 atom stereocenters. The summed E-state index contributed by atoms with van der Waals surface area (Å²) in [5.41, 5.74) is 3.13. The number of para-hydroxylation sites is 2. The van der Waals surface area contributed by atoms with E-state index in [-0.39, 0.29) is 0 Å². The van der Waals surface area contributed by atoms with Gasteiger partial charge in [0.15, 0.2) is 5.11 Å². The van der Waals surface area contributed by atoms with Gasteiger partial charge in [-0.05, 0) is 49.0 Å². The molecule has 0 aliphatic carbocycles. The molecule has 0 amide bonds. The van der Waals surface area contributed by atoms with E-state index in [1.165, 1.54) is 5.56 Å². The molecule has 120 valence electrons. The molecular formula is C18H21N3OS. The van der Waals surface area contributed by atoms with E-state index < -0.39 is 0 Å². The lowest BCUT2D eigenvalue weighted by atomic mass is 10.2. The van der Waals surface area contributed by atoms with Gasteiger partial charge < -0.3 is 20.2 Å². The average molecular weight is 327 g/mol. The van der Waals surface area contributed by atoms with Gasteiger partial charge in [-0.1, -0.05) is 24.3 Å². The van der Waals surface area contributed by atoms with E-state index in [0.717, 1.165) is 42.7 Å². The molecule has 23 heavy (non-hydrogen) atoms. The van der Waals surface area contributed by atoms with Crippen LogP contribution in [-0.2, 0) is 0 Å². The van der Waals surface area contributed by atoms with Crippen LogP contribution >= 0.6 is 12.2 Å². The molecule has 3 rings (SSSR count). The molecule has 0 bridgehead atoms. The Bertz CT molecular complexity index is 696. The monoisotopic (exact) mass is 327 g/mol. The number of hydrogen-bond donors (Lipinski definition) is 2. The van der Waals surface area contributed by atoms with Crippen LogP contribution in [0.1, 0.15) is 5.56 Å². The van der Waals surface area contributed by atoms with Crippen LogP contribution in [0.25, 0.3) is 0 Å². The second-order valence-corrected chi connectivity index (χ2v) is 6.15. The normalized spacial score (nSPS) is 14.7. The number of piperazine rings is 1. The SMILES string of the molecule is Cc1cccc(NC(=S)N2CCN(c3ccccc3O)CC2)c1. The molecule has 0 unspecified atom stereocenters. The lowest BCUT2D eigenvalue weighted by Gasteiger charge is -2.37. The van der Waals surface area contributed by atoms with Crippen LogP contribution in [-0.4, -0.2) is 41.3 Å². The zero-order valence-electron chi connectivity index (χ0n) is 13.2. The highest BCUT2D eigenvalue weighted by atomic mass is 32.1. The smallest absolute Gasteiger partial charge is 0.173 e. The summed E-state index contributed by atoms with van der Waals surface area (Å²) >= 11 is 5.53. The predicted octanol–water partition coefficient (Wildman–Crippen LogP) is 3.22. The summed E-state index contributed by atoms with van der Waals surface area (Å²) in [4.78, 5) is 4.37. The molecule has 2 N–H and O–H groups in total. The van der Waals surface area contributed by atoms with Crippen LogP contribution in [0.2, 0.25) is 0 Å². The Hall–Kier alpha value is -2.27. The van der Waals surface area contributed by atoms with Crippen molar-refractivity contribution >= 4 is 28.7 Å². The molecule has 1 heterocycles. The number of aromatic hydroxyl groups is 1. The predicted molar refractivity (Wildman–Crippen MR) is 99.3 cm³/mol. The summed E-state index contributed by atoms with van der Waals surface area (Å²) in [6, 6.07) is 15.7. The first-order chi connectivity index (χ1) is 11.1. The van der Waals surface area contributed by atoms with Crippen LogP contribution in [0.5, 0.6) is 5.75 Å². The van der Waals surface area contributed by atoms with Crippen molar-refractivity contribution in [3.8, 4) is 5.75 Å². The quantitative estimate of drug-likeness (QED) is 0.829. The van der Waals surface area contributed by atoms with Gasteiger partial charge >= 0.3 is 0 Å². The Balaban J connectivity index is 1.58. The molecule has 1 aliphatic heterocycles. The number of rotatable bonds is 2. The van der Waals surface area contributed by atoms with Crippen LogP contribution in [0.4, 0.5) is 11.4 Å². The molecule has 0 aromatic heterocycles. The van der Waals surface area contributed by atoms with Crippen LogP contribution in [0.3, 0.4) is 0 Å². The second-order valence-electron chi connectivity index (χ2n) is 5.76. The third-order valence-electron chi connectivity index (χ3n) is 4.06. The van der Waals surface area contributed by atoms with Crippen molar-refractivity contribution in [2.75, 3.05) is 36.4 Å². The molecule has 4 nitrogen and oxygen atoms in total. The van der Waals surface area contributed by atoms with Gasteiger partial charge in [-0.25, -0.2) is 0 Å². The van der Waals surface area contributed by atoms with Gasteiger partial charge in [-0.3, -0.25) is 0 Å². The largest absolute Gasteiger partial charge is 0.506 e. The van der Waals surface area contributed by atoms with Gasteiger partial charge in [-0.2, -0.15) is 0 Å². The lowest BCUT2D eigenvalue weighted by Crippen LogP contribution is -2.50. The zero-order chi connectivity index (χ0) is 16.2. The number of aryl methyl sites for hydroxylation is 1. The summed E-state index contributed by atoms with van der Waals surface area (Å²) in [6.45, 7) is 5.43. The van der Waals surface area contributed by atoms with E-state index >= 15 is 0 Å². The Labute approximate surface area is 142 Å². The van der Waals surface area contributed by atoms with Crippen molar-refractivity contribution in [3.05, 3.63) is 54.1 Å². The molecular weight excluding hydrogens is 306 g/mol. The minimum Gasteiger partial charge on any atom is -0.506 e.